The molecule has 8 amide bonds. The highest BCUT2D eigenvalue weighted by atomic mass is 32.2. The van der Waals surface area contributed by atoms with Gasteiger partial charge < -0.3 is 41.0 Å². The van der Waals surface area contributed by atoms with E-state index in [9.17, 15) is 53.1 Å². The number of pyridine rings is 2. The van der Waals surface area contributed by atoms with Gasteiger partial charge in [-0.25, -0.2) is 19.0 Å². The largest absolute Gasteiger partial charge is 0.458 e. The summed E-state index contributed by atoms with van der Waals surface area (Å²) in [6, 6.07) is 10.8. The van der Waals surface area contributed by atoms with E-state index in [1.807, 2.05) is 20.1 Å². The first-order valence-electron chi connectivity index (χ1n) is 27.1. The van der Waals surface area contributed by atoms with Gasteiger partial charge in [0, 0.05) is 58.9 Å². The Morgan fingerprint density at radius 3 is 2.32 bits per heavy atom. The van der Waals surface area contributed by atoms with Gasteiger partial charge in [0.25, 0.3) is 17.4 Å². The third-order valence-electron chi connectivity index (χ3n) is 15.3. The Morgan fingerprint density at radius 2 is 1.59 bits per heavy atom. The van der Waals surface area contributed by atoms with E-state index < -0.39 is 70.5 Å². The summed E-state index contributed by atoms with van der Waals surface area (Å²) >= 11 is 1.41. The van der Waals surface area contributed by atoms with Crippen molar-refractivity contribution >= 4 is 82.1 Å². The molecule has 0 radical (unpaired) electrons. The molecule has 3 aliphatic heterocycles. The summed E-state index contributed by atoms with van der Waals surface area (Å²) in [5, 5.41) is 25.1. The zero-order valence-corrected chi connectivity index (χ0v) is 46.8. The maximum absolute atomic E-state index is 15.5. The number of carbonyl (C=O) groups is 9. The number of cyclic esters (lactones) is 1. The summed E-state index contributed by atoms with van der Waals surface area (Å²) in [5.74, 6) is -5.13. The molecule has 2 aromatic heterocycles. The number of esters is 1. The first-order chi connectivity index (χ1) is 38.6. The van der Waals surface area contributed by atoms with E-state index in [0.29, 0.717) is 61.0 Å². The summed E-state index contributed by atoms with van der Waals surface area (Å²) in [7, 11) is 1.69. The highest BCUT2D eigenvalue weighted by Crippen LogP contribution is 2.46. The quantitative estimate of drug-likeness (QED) is 0.0130. The third-order valence-corrected chi connectivity index (χ3v) is 16.6. The molecule has 8 rings (SSSR count). The number of rotatable bonds is 24. The van der Waals surface area contributed by atoms with E-state index in [1.165, 1.54) is 30.0 Å². The number of fused-ring (bicyclic) bond motifs is 5. The summed E-state index contributed by atoms with van der Waals surface area (Å²) in [5.41, 5.74) is 2.81. The van der Waals surface area contributed by atoms with Crippen LogP contribution in [0.15, 0.2) is 59.4 Å². The van der Waals surface area contributed by atoms with Gasteiger partial charge in [-0.05, 0) is 73.8 Å². The van der Waals surface area contributed by atoms with Crippen molar-refractivity contribution < 1.29 is 62.0 Å². The van der Waals surface area contributed by atoms with Crippen molar-refractivity contribution in [3.63, 3.8) is 0 Å². The monoisotopic (exact) mass is 1130 g/mol. The average Bonchev–Trinajstić information content (AvgIpc) is 3.92. The van der Waals surface area contributed by atoms with E-state index in [-0.39, 0.29) is 98.5 Å². The molecule has 0 fully saturated rings. The number of aliphatic hydroxyl groups is 1. The summed E-state index contributed by atoms with van der Waals surface area (Å²) < 4.78 is 23.4. The minimum absolute atomic E-state index is 0.0194. The lowest BCUT2D eigenvalue weighted by molar-refractivity contribution is -0.416. The van der Waals surface area contributed by atoms with Crippen molar-refractivity contribution in [2.24, 2.45) is 0 Å². The number of ether oxygens (including phenoxy) is 1. The van der Waals surface area contributed by atoms with Crippen molar-refractivity contribution in [1.82, 2.24) is 41.0 Å². The van der Waals surface area contributed by atoms with Crippen molar-refractivity contribution in [2.75, 3.05) is 39.1 Å². The Morgan fingerprint density at radius 1 is 0.901 bits per heavy atom. The molecular formula is C58H67FN9O12S+. The highest BCUT2D eigenvalue weighted by molar-refractivity contribution is 8.00. The van der Waals surface area contributed by atoms with E-state index in [4.69, 9.17) is 9.72 Å². The van der Waals surface area contributed by atoms with Crippen LogP contribution in [-0.4, -0.2) is 133 Å². The van der Waals surface area contributed by atoms with Crippen LogP contribution in [0.2, 0.25) is 0 Å². The van der Waals surface area contributed by atoms with Gasteiger partial charge in [0.05, 0.1) is 66.9 Å². The molecule has 0 saturated carbocycles. The molecule has 0 saturated heterocycles. The van der Waals surface area contributed by atoms with Crippen LogP contribution in [-0.2, 0) is 79.5 Å². The number of halogens is 1. The fourth-order valence-corrected chi connectivity index (χ4v) is 11.5. The Balaban J connectivity index is 0.807. The van der Waals surface area contributed by atoms with Crippen LogP contribution in [0.25, 0.3) is 22.3 Å². The topological polar surface area (TPSA) is 284 Å². The van der Waals surface area contributed by atoms with Crippen LogP contribution in [0.3, 0.4) is 0 Å². The number of hydrogen-bond donors (Lipinski definition) is 6. The van der Waals surface area contributed by atoms with Gasteiger partial charge in [0.2, 0.25) is 29.5 Å². The first-order valence-corrected chi connectivity index (χ1v) is 28.1. The molecule has 1 aliphatic carbocycles. The van der Waals surface area contributed by atoms with Crippen molar-refractivity contribution in [2.45, 2.75) is 127 Å². The normalized spacial score (nSPS) is 17.5. The summed E-state index contributed by atoms with van der Waals surface area (Å²) in [6.07, 6.45) is 7.72. The molecule has 5 heterocycles. The fourth-order valence-electron chi connectivity index (χ4n) is 10.6. The molecule has 21 nitrogen and oxygen atoms in total. The van der Waals surface area contributed by atoms with Crippen molar-refractivity contribution in [1.29, 1.82) is 0 Å². The molecule has 2 aromatic carbocycles. The molecule has 4 aromatic rings. The molecule has 3 atom stereocenters. The molecule has 0 bridgehead atoms. The number of thioether (sulfide) groups is 1. The maximum Gasteiger partial charge on any atom is 0.386 e. The molecule has 23 heteroatoms. The Labute approximate surface area is 470 Å². The predicted molar refractivity (Wildman–Crippen MR) is 297 cm³/mol. The van der Waals surface area contributed by atoms with Crippen LogP contribution < -0.4 is 32.1 Å². The number of aromatic nitrogens is 2. The summed E-state index contributed by atoms with van der Waals surface area (Å²) in [4.78, 5) is 134. The second kappa shape index (κ2) is 25.3. The van der Waals surface area contributed by atoms with E-state index in [1.54, 1.807) is 66.4 Å². The predicted octanol–water partition coefficient (Wildman–Crippen LogP) is 2.72. The second-order valence-electron chi connectivity index (χ2n) is 21.3. The molecule has 1 unspecified atom stereocenters. The second-order valence-corrected chi connectivity index (χ2v) is 23.0. The molecule has 81 heavy (non-hydrogen) atoms. The van der Waals surface area contributed by atoms with Crippen LogP contribution in [0.1, 0.15) is 117 Å². The first kappa shape index (κ1) is 59.2. The molecular weight excluding hydrogens is 1070 g/mol. The average molecular weight is 1130 g/mol. The Kier molecular flexibility index (Phi) is 18.5. The van der Waals surface area contributed by atoms with E-state index in [0.717, 1.165) is 32.5 Å². The Bertz CT molecular complexity index is 3340. The van der Waals surface area contributed by atoms with Crippen molar-refractivity contribution in [3.05, 3.63) is 110 Å². The van der Waals surface area contributed by atoms with E-state index >= 15 is 4.39 Å². The smallest absolute Gasteiger partial charge is 0.386 e. The molecule has 6 N–H and O–H groups in total. The lowest BCUT2D eigenvalue weighted by Crippen LogP contribution is -2.52. The van der Waals surface area contributed by atoms with Crippen LogP contribution >= 0.6 is 11.8 Å². The third kappa shape index (κ3) is 13.5. The van der Waals surface area contributed by atoms with E-state index in [2.05, 4.69) is 26.6 Å². The Hall–Kier alpha value is -7.92. The lowest BCUT2D eigenvalue weighted by atomic mass is 9.78. The molecule has 0 spiro atoms. The number of carbonyl (C=O) groups excluding carboxylic acids is 9. The minimum Gasteiger partial charge on any atom is -0.458 e. The number of nitrogens with one attached hydrogen (secondary N) is 5. The molecule has 4 aliphatic rings. The fraction of sp³-hybridized carbons (Fsp3) is 0.448. The number of aryl methyl sites for hydroxylation is 1. The van der Waals surface area contributed by atoms with Crippen LogP contribution in [0.5, 0.6) is 0 Å². The highest BCUT2D eigenvalue weighted by Gasteiger charge is 2.46. The minimum atomic E-state index is -2.02. The molecule has 428 valence electrons. The number of unbranched alkanes of at least 4 members (excludes halogenated alkanes) is 2. The number of benzene rings is 2. The zero-order valence-electron chi connectivity index (χ0n) is 46.0. The maximum atomic E-state index is 15.5. The van der Waals surface area contributed by atoms with Gasteiger partial charge in [-0.3, -0.25) is 43.3 Å². The van der Waals surface area contributed by atoms with Gasteiger partial charge in [0.1, 0.15) is 25.5 Å². The summed E-state index contributed by atoms with van der Waals surface area (Å²) in [6.45, 7) is 6.10. The van der Waals surface area contributed by atoms with Gasteiger partial charge >= 0.3 is 11.9 Å². The van der Waals surface area contributed by atoms with Gasteiger partial charge in [-0.1, -0.05) is 57.5 Å². The number of nitrogens with zero attached hydrogens (tertiary/aromatic N) is 4. The van der Waals surface area contributed by atoms with Gasteiger partial charge in [0.15, 0.2) is 11.8 Å². The van der Waals surface area contributed by atoms with Crippen molar-refractivity contribution in [3.8, 4) is 11.4 Å². The van der Waals surface area contributed by atoms with Crippen LogP contribution in [0.4, 0.5) is 4.39 Å². The van der Waals surface area contributed by atoms with Crippen LogP contribution in [0, 0.1) is 12.7 Å². The lowest BCUT2D eigenvalue weighted by Gasteiger charge is -2.31. The number of imide groups is 1. The number of hydrogen-bond acceptors (Lipinski definition) is 14. The zero-order chi connectivity index (χ0) is 58.3. The SMILES string of the molecule is CC[C@@]1(O)C(=O)OCc2c1cc1n(c2=O)Cc2c-1nc1cc(F)c(C)c3c1c2C(C=[N+](C)C(=O)CCC(C)(C)SCNC(=O)CNC(=O)[C@H](Cc1ccccc1)NC(=O)CNC(=O)CNC(=O)CCCCCN1C(=O)C=CC1=O)CC3. The number of amides is 8. The van der Waals surface area contributed by atoms with Gasteiger partial charge in [-0.15, -0.1) is 11.8 Å². The standard InChI is InChI=1S/C58H66FN9O12S/c1-6-58(79)39-24-43-53-37(30-68(43)55(77)38(39)31-80-56(58)78)51-35(16-17-36-33(2)40(59)25-41(65-53)52(36)51)29-66(5)48(73)20-21-57(3,4)81-32-63-46(71)27-62-54(76)42(23-34-13-9-7-10-14-34)64-47(72)28-61-45(70)26-60-44(69)15-11-8-12-22-67-49(74)18-19-50(67)75/h7,9-10,13-14,18-19,24-25,29,35,42,79H,6,8,11-12,15-17,20-23,26-28,30-32H2,1-5H3,(H4-,60,61,62,63,64,69,70,71,72,76)/p+1/t35?,42-,58-/m0/s1. The van der Waals surface area contributed by atoms with Gasteiger partial charge in [-0.2, -0.15) is 4.58 Å².